The molecular formula is C15H19BrN2O2S. The molecule has 2 rings (SSSR count). The number of likely N-dealkylation sites (tertiary alicyclic amines) is 1. The van der Waals surface area contributed by atoms with Crippen LogP contribution in [-0.2, 0) is 0 Å². The molecular weight excluding hydrogens is 352 g/mol. The number of hydrogen-bond acceptors (Lipinski definition) is 3. The highest BCUT2D eigenvalue weighted by atomic mass is 79.9. The van der Waals surface area contributed by atoms with Gasteiger partial charge in [0.2, 0.25) is 0 Å². The van der Waals surface area contributed by atoms with Crippen LogP contribution in [0.1, 0.15) is 30.1 Å². The number of carbonyl (C=O) groups excluding carboxylic acids is 1. The lowest BCUT2D eigenvalue weighted by Crippen LogP contribution is -2.46. The van der Waals surface area contributed by atoms with E-state index in [2.05, 4.69) is 22.9 Å². The van der Waals surface area contributed by atoms with Gasteiger partial charge in [-0.25, -0.2) is 0 Å². The van der Waals surface area contributed by atoms with Crippen LogP contribution in [0.15, 0.2) is 22.7 Å². The lowest BCUT2D eigenvalue weighted by atomic mass is 9.80. The third kappa shape index (κ3) is 3.37. The van der Waals surface area contributed by atoms with Crippen LogP contribution in [-0.4, -0.2) is 36.0 Å². The smallest absolute Gasteiger partial charge is 0.257 e. The Hall–Kier alpha value is -1.14. The number of carbonyl (C=O) groups is 1. The molecule has 114 valence electrons. The average molecular weight is 371 g/mol. The van der Waals surface area contributed by atoms with Crippen LogP contribution in [0.2, 0.25) is 0 Å². The van der Waals surface area contributed by atoms with Gasteiger partial charge < -0.3 is 15.4 Å². The van der Waals surface area contributed by atoms with Gasteiger partial charge in [-0.05, 0) is 31.0 Å². The first-order chi connectivity index (χ1) is 9.87. The summed E-state index contributed by atoms with van der Waals surface area (Å²) in [5.41, 5.74) is 6.24. The molecule has 0 bridgehead atoms. The number of methoxy groups -OCH3 is 1. The van der Waals surface area contributed by atoms with E-state index in [0.717, 1.165) is 17.3 Å². The van der Waals surface area contributed by atoms with Gasteiger partial charge in [0.1, 0.15) is 5.75 Å². The molecule has 1 saturated heterocycles. The average Bonchev–Trinajstić information content (AvgIpc) is 2.47. The summed E-state index contributed by atoms with van der Waals surface area (Å²) < 4.78 is 6.18. The molecule has 4 nitrogen and oxygen atoms in total. The van der Waals surface area contributed by atoms with E-state index in [4.69, 9.17) is 22.7 Å². The van der Waals surface area contributed by atoms with E-state index < -0.39 is 0 Å². The molecule has 0 unspecified atom stereocenters. The van der Waals surface area contributed by atoms with Crippen molar-refractivity contribution in [3.05, 3.63) is 28.2 Å². The monoisotopic (exact) mass is 370 g/mol. The van der Waals surface area contributed by atoms with Crippen molar-refractivity contribution in [2.24, 2.45) is 11.1 Å². The molecule has 2 N–H and O–H groups in total. The van der Waals surface area contributed by atoms with E-state index in [1.165, 1.54) is 0 Å². The summed E-state index contributed by atoms with van der Waals surface area (Å²) in [7, 11) is 1.57. The summed E-state index contributed by atoms with van der Waals surface area (Å²) in [6.07, 6.45) is 1.60. The van der Waals surface area contributed by atoms with Crippen molar-refractivity contribution in [2.45, 2.75) is 19.8 Å². The maximum Gasteiger partial charge on any atom is 0.257 e. The molecule has 0 aliphatic carbocycles. The largest absolute Gasteiger partial charge is 0.496 e. The molecule has 21 heavy (non-hydrogen) atoms. The van der Waals surface area contributed by atoms with Crippen LogP contribution in [0, 0.1) is 5.41 Å². The predicted molar refractivity (Wildman–Crippen MR) is 90.7 cm³/mol. The fourth-order valence-corrected chi connectivity index (χ4v) is 3.01. The first-order valence-corrected chi connectivity index (χ1v) is 8.00. The Morgan fingerprint density at radius 3 is 2.57 bits per heavy atom. The fourth-order valence-electron chi connectivity index (χ4n) is 2.46. The zero-order valence-corrected chi connectivity index (χ0v) is 14.6. The van der Waals surface area contributed by atoms with Crippen molar-refractivity contribution in [3.8, 4) is 5.75 Å². The molecule has 0 aromatic heterocycles. The zero-order chi connectivity index (χ0) is 15.6. The molecule has 1 aromatic rings. The van der Waals surface area contributed by atoms with E-state index in [-0.39, 0.29) is 11.3 Å². The lowest BCUT2D eigenvalue weighted by Gasteiger charge is -2.38. The number of piperidine rings is 1. The molecule has 1 aromatic carbocycles. The number of halogens is 1. The molecule has 0 saturated carbocycles. The Kier molecular flexibility index (Phi) is 4.88. The third-order valence-corrected chi connectivity index (χ3v) is 5.13. The third-order valence-electron chi connectivity index (χ3n) is 4.14. The van der Waals surface area contributed by atoms with Crippen molar-refractivity contribution in [1.29, 1.82) is 0 Å². The summed E-state index contributed by atoms with van der Waals surface area (Å²) in [4.78, 5) is 15.0. The zero-order valence-electron chi connectivity index (χ0n) is 12.2. The van der Waals surface area contributed by atoms with E-state index >= 15 is 0 Å². The minimum absolute atomic E-state index is 0.00987. The van der Waals surface area contributed by atoms with Gasteiger partial charge in [0.25, 0.3) is 5.91 Å². The maximum absolute atomic E-state index is 12.6. The lowest BCUT2D eigenvalue weighted by molar-refractivity contribution is 0.0667. The van der Waals surface area contributed by atoms with Gasteiger partial charge in [-0.15, -0.1) is 0 Å². The second-order valence-electron chi connectivity index (χ2n) is 5.56. The quantitative estimate of drug-likeness (QED) is 0.830. The molecule has 1 aliphatic heterocycles. The van der Waals surface area contributed by atoms with Gasteiger partial charge in [-0.2, -0.15) is 0 Å². The van der Waals surface area contributed by atoms with Gasteiger partial charge in [0.15, 0.2) is 0 Å². The Bertz CT molecular complexity index is 569. The summed E-state index contributed by atoms with van der Waals surface area (Å²) in [5, 5.41) is 0. The highest BCUT2D eigenvalue weighted by Gasteiger charge is 2.34. The van der Waals surface area contributed by atoms with Crippen LogP contribution in [0.25, 0.3) is 0 Å². The first-order valence-electron chi connectivity index (χ1n) is 6.80. The second-order valence-corrected chi connectivity index (χ2v) is 6.92. The van der Waals surface area contributed by atoms with Crippen molar-refractivity contribution in [2.75, 3.05) is 20.2 Å². The second kappa shape index (κ2) is 6.32. The molecule has 0 atom stereocenters. The molecule has 1 fully saturated rings. The number of thiocarbonyl (C=S) groups is 1. The summed E-state index contributed by atoms with van der Waals surface area (Å²) in [5.74, 6) is 0.571. The van der Waals surface area contributed by atoms with Crippen LogP contribution >= 0.6 is 28.1 Å². The Morgan fingerprint density at radius 2 is 2.05 bits per heavy atom. The number of ether oxygens (including phenoxy) is 1. The number of nitrogens with two attached hydrogens (primary N) is 1. The number of rotatable bonds is 3. The fraction of sp³-hybridized carbons (Fsp3) is 0.467. The molecule has 1 heterocycles. The standard InChI is InChI=1S/C15H19BrN2O2S/c1-15(14(17)21)5-7-18(8-6-15)13(19)11-4-3-10(16)9-12(11)20-2/h3-4,9H,5-8H2,1-2H3,(H2,17,21). The van der Waals surface area contributed by atoms with Crippen molar-refractivity contribution >= 4 is 39.0 Å². The summed E-state index contributed by atoms with van der Waals surface area (Å²) in [6, 6.07) is 5.43. The van der Waals surface area contributed by atoms with Gasteiger partial charge in [-0.1, -0.05) is 35.1 Å². The van der Waals surface area contributed by atoms with Crippen LogP contribution < -0.4 is 10.5 Å². The molecule has 0 radical (unpaired) electrons. The minimum Gasteiger partial charge on any atom is -0.496 e. The summed E-state index contributed by atoms with van der Waals surface area (Å²) >= 11 is 8.51. The topological polar surface area (TPSA) is 55.6 Å². The van der Waals surface area contributed by atoms with Crippen molar-refractivity contribution < 1.29 is 9.53 Å². The normalized spacial score (nSPS) is 17.4. The van der Waals surface area contributed by atoms with Crippen molar-refractivity contribution in [1.82, 2.24) is 4.90 Å². The minimum atomic E-state index is -0.143. The SMILES string of the molecule is COc1cc(Br)ccc1C(=O)N1CCC(C)(C(N)=S)CC1. The van der Waals surface area contributed by atoms with E-state index in [1.54, 1.807) is 19.2 Å². The van der Waals surface area contributed by atoms with Crippen LogP contribution in [0.4, 0.5) is 0 Å². The maximum atomic E-state index is 12.6. The van der Waals surface area contributed by atoms with Crippen LogP contribution in [0.5, 0.6) is 5.75 Å². The predicted octanol–water partition coefficient (Wildman–Crippen LogP) is 2.99. The molecule has 1 aliphatic rings. The molecule has 0 spiro atoms. The number of benzene rings is 1. The van der Waals surface area contributed by atoms with Gasteiger partial charge in [0, 0.05) is 23.0 Å². The Balaban J connectivity index is 2.14. The number of nitrogens with zero attached hydrogens (tertiary/aromatic N) is 1. The van der Waals surface area contributed by atoms with E-state index in [9.17, 15) is 4.79 Å². The Labute approximate surface area is 138 Å². The molecule has 1 amide bonds. The van der Waals surface area contributed by atoms with Gasteiger partial charge in [-0.3, -0.25) is 4.79 Å². The number of amides is 1. The number of hydrogen-bond donors (Lipinski definition) is 1. The highest BCUT2D eigenvalue weighted by Crippen LogP contribution is 2.33. The highest BCUT2D eigenvalue weighted by molar-refractivity contribution is 9.10. The van der Waals surface area contributed by atoms with E-state index in [0.29, 0.717) is 29.4 Å². The van der Waals surface area contributed by atoms with Gasteiger partial charge in [0.05, 0.1) is 17.7 Å². The summed E-state index contributed by atoms with van der Waals surface area (Å²) in [6.45, 7) is 3.38. The van der Waals surface area contributed by atoms with Crippen LogP contribution in [0.3, 0.4) is 0 Å². The Morgan fingerprint density at radius 1 is 1.43 bits per heavy atom. The van der Waals surface area contributed by atoms with E-state index in [1.807, 2.05) is 11.0 Å². The van der Waals surface area contributed by atoms with Gasteiger partial charge >= 0.3 is 0 Å². The van der Waals surface area contributed by atoms with Crippen molar-refractivity contribution in [3.63, 3.8) is 0 Å². The molecule has 6 heteroatoms. The first kappa shape index (κ1) is 16.2.